The normalized spacial score (nSPS) is 14.1. The largest absolute Gasteiger partial charge is 0.346 e. The second-order valence-electron chi connectivity index (χ2n) is 2.10. The fraction of sp³-hybridized carbons (Fsp3) is 1.00. The lowest BCUT2D eigenvalue weighted by atomic mass is 10.4. The van der Waals surface area contributed by atoms with Gasteiger partial charge in [0, 0.05) is 0 Å². The molecule has 0 aromatic heterocycles. The fourth-order valence-corrected chi connectivity index (χ4v) is 0. The molecule has 0 heterocycles. The third-order valence-electron chi connectivity index (χ3n) is 0.728. The van der Waals surface area contributed by atoms with Crippen LogP contribution >= 0.6 is 7.60 Å². The molecule has 0 aliphatic heterocycles. The minimum Gasteiger partial charge on any atom is -0.323 e. The van der Waals surface area contributed by atoms with E-state index in [4.69, 9.17) is 15.5 Å². The Morgan fingerprint density at radius 1 is 1.50 bits per heavy atom. The van der Waals surface area contributed by atoms with Crippen LogP contribution < -0.4 is 5.73 Å². The van der Waals surface area contributed by atoms with Gasteiger partial charge in [-0.25, -0.2) is 5.73 Å². The van der Waals surface area contributed by atoms with E-state index in [1.165, 1.54) is 13.8 Å². The Labute approximate surface area is 47.9 Å². The SMILES string of the molecule is CC(C)([NH])P(=O)(O)O. The fourth-order valence-electron chi connectivity index (χ4n) is 0. The van der Waals surface area contributed by atoms with Crippen molar-refractivity contribution in [3.63, 3.8) is 0 Å². The van der Waals surface area contributed by atoms with Crippen LogP contribution in [0.5, 0.6) is 0 Å². The molecule has 0 saturated carbocycles. The van der Waals surface area contributed by atoms with Gasteiger partial charge in [-0.1, -0.05) is 0 Å². The van der Waals surface area contributed by atoms with E-state index in [2.05, 4.69) is 0 Å². The van der Waals surface area contributed by atoms with Crippen molar-refractivity contribution in [1.82, 2.24) is 5.73 Å². The maximum Gasteiger partial charge on any atom is 0.346 e. The molecule has 0 spiro atoms. The van der Waals surface area contributed by atoms with E-state index in [1.54, 1.807) is 0 Å². The summed E-state index contributed by atoms with van der Waals surface area (Å²) in [6.07, 6.45) is 0. The van der Waals surface area contributed by atoms with Crippen molar-refractivity contribution >= 4 is 7.60 Å². The van der Waals surface area contributed by atoms with Gasteiger partial charge in [0.05, 0.1) is 0 Å². The second kappa shape index (κ2) is 1.81. The molecule has 8 heavy (non-hydrogen) atoms. The molecule has 5 heteroatoms. The smallest absolute Gasteiger partial charge is 0.323 e. The highest BCUT2D eigenvalue weighted by Gasteiger charge is 2.33. The quantitative estimate of drug-likeness (QED) is 0.507. The van der Waals surface area contributed by atoms with Gasteiger partial charge in [-0.3, -0.25) is 4.57 Å². The van der Waals surface area contributed by atoms with Crippen molar-refractivity contribution in [2.45, 2.75) is 19.1 Å². The van der Waals surface area contributed by atoms with E-state index in [-0.39, 0.29) is 0 Å². The zero-order valence-corrected chi connectivity index (χ0v) is 5.64. The van der Waals surface area contributed by atoms with Crippen LogP contribution in [-0.2, 0) is 4.57 Å². The van der Waals surface area contributed by atoms with Crippen LogP contribution in [0.4, 0.5) is 0 Å². The summed E-state index contributed by atoms with van der Waals surface area (Å²) in [6, 6.07) is 0. The molecular weight excluding hydrogens is 129 g/mol. The Kier molecular flexibility index (Phi) is 1.83. The first-order valence-corrected chi connectivity index (χ1v) is 3.67. The first-order valence-electron chi connectivity index (χ1n) is 2.06. The average molecular weight is 138 g/mol. The second-order valence-corrected chi connectivity index (χ2v) is 4.31. The van der Waals surface area contributed by atoms with Crippen molar-refractivity contribution in [1.29, 1.82) is 0 Å². The van der Waals surface area contributed by atoms with Crippen molar-refractivity contribution in [2.75, 3.05) is 0 Å². The molecule has 4 nitrogen and oxygen atoms in total. The third kappa shape index (κ3) is 1.92. The van der Waals surface area contributed by atoms with Gasteiger partial charge in [0.1, 0.15) is 5.28 Å². The van der Waals surface area contributed by atoms with Gasteiger partial charge in [-0.15, -0.1) is 0 Å². The highest BCUT2D eigenvalue weighted by Crippen LogP contribution is 2.47. The Morgan fingerprint density at radius 3 is 1.62 bits per heavy atom. The van der Waals surface area contributed by atoms with E-state index in [9.17, 15) is 4.57 Å². The van der Waals surface area contributed by atoms with Crippen molar-refractivity contribution < 1.29 is 14.4 Å². The lowest BCUT2D eigenvalue weighted by molar-refractivity contribution is 0.335. The highest BCUT2D eigenvalue weighted by molar-refractivity contribution is 7.53. The molecule has 0 aromatic rings. The summed E-state index contributed by atoms with van der Waals surface area (Å²) in [4.78, 5) is 16.6. The van der Waals surface area contributed by atoms with Gasteiger partial charge in [-0.05, 0) is 13.8 Å². The summed E-state index contributed by atoms with van der Waals surface area (Å²) < 4.78 is 10.2. The molecule has 49 valence electrons. The van der Waals surface area contributed by atoms with Crippen LogP contribution in [0.2, 0.25) is 0 Å². The third-order valence-corrected chi connectivity index (χ3v) is 2.18. The average Bonchev–Trinajstić information content (AvgIpc) is 1.25. The van der Waals surface area contributed by atoms with Gasteiger partial charge in [0.25, 0.3) is 0 Å². The first-order chi connectivity index (χ1) is 3.25. The molecule has 0 atom stereocenters. The summed E-state index contributed by atoms with van der Waals surface area (Å²) in [5.41, 5.74) is 6.82. The molecule has 3 N–H and O–H groups in total. The summed E-state index contributed by atoms with van der Waals surface area (Å²) in [6.45, 7) is 2.35. The summed E-state index contributed by atoms with van der Waals surface area (Å²) in [5.74, 6) is 0. The monoisotopic (exact) mass is 138 g/mol. The standard InChI is InChI=1S/C3H9NO3P/c1-3(2,4)8(5,6)7/h4H,1-2H3,(H2,5,6,7). The van der Waals surface area contributed by atoms with E-state index in [0.717, 1.165) is 0 Å². The Morgan fingerprint density at radius 2 is 1.62 bits per heavy atom. The molecular formula is C3H9NO3P. The molecule has 0 saturated heterocycles. The maximum absolute atomic E-state index is 10.2. The molecule has 0 unspecified atom stereocenters. The Balaban J connectivity index is 4.26. The lowest BCUT2D eigenvalue weighted by Gasteiger charge is -2.17. The molecule has 1 radical (unpaired) electrons. The molecule has 0 amide bonds. The van der Waals surface area contributed by atoms with Gasteiger partial charge in [-0.2, -0.15) is 0 Å². The molecule has 0 aliphatic carbocycles. The van der Waals surface area contributed by atoms with E-state index in [0.29, 0.717) is 0 Å². The first kappa shape index (κ1) is 8.11. The zero-order valence-electron chi connectivity index (χ0n) is 4.75. The van der Waals surface area contributed by atoms with Gasteiger partial charge in [0.15, 0.2) is 0 Å². The molecule has 0 bridgehead atoms. The number of hydrogen-bond donors (Lipinski definition) is 2. The Bertz CT molecular complexity index is 121. The topological polar surface area (TPSA) is 81.3 Å². The van der Waals surface area contributed by atoms with Crippen LogP contribution in [0.25, 0.3) is 0 Å². The predicted octanol–water partition coefficient (Wildman–Crippen LogP) is 0.183. The minimum atomic E-state index is -4.18. The zero-order chi connectivity index (χ0) is 7.00. The van der Waals surface area contributed by atoms with E-state index >= 15 is 0 Å². The summed E-state index contributed by atoms with van der Waals surface area (Å²) in [5, 5.41) is -1.65. The highest BCUT2D eigenvalue weighted by atomic mass is 31.2. The molecule has 0 aromatic carbocycles. The van der Waals surface area contributed by atoms with Gasteiger partial charge in [0.2, 0.25) is 0 Å². The number of hydrogen-bond acceptors (Lipinski definition) is 1. The predicted molar refractivity (Wildman–Crippen MR) is 29.2 cm³/mol. The van der Waals surface area contributed by atoms with Gasteiger partial charge < -0.3 is 9.79 Å². The van der Waals surface area contributed by atoms with E-state index in [1.807, 2.05) is 0 Å². The van der Waals surface area contributed by atoms with Crippen LogP contribution in [0.3, 0.4) is 0 Å². The lowest BCUT2D eigenvalue weighted by Crippen LogP contribution is -2.20. The molecule has 0 aliphatic rings. The number of nitrogens with one attached hydrogen (secondary N) is 1. The Hall–Kier alpha value is 0.110. The van der Waals surface area contributed by atoms with Crippen molar-refractivity contribution in [3.8, 4) is 0 Å². The maximum atomic E-state index is 10.2. The molecule has 0 rings (SSSR count). The van der Waals surface area contributed by atoms with Crippen LogP contribution in [0.15, 0.2) is 0 Å². The van der Waals surface area contributed by atoms with Gasteiger partial charge >= 0.3 is 7.60 Å². The minimum absolute atomic E-state index is 1.17. The number of rotatable bonds is 1. The molecule has 0 fully saturated rings. The van der Waals surface area contributed by atoms with E-state index < -0.39 is 12.9 Å². The van der Waals surface area contributed by atoms with Crippen molar-refractivity contribution in [2.24, 2.45) is 0 Å². The van der Waals surface area contributed by atoms with Crippen molar-refractivity contribution in [3.05, 3.63) is 0 Å². The van der Waals surface area contributed by atoms with Crippen LogP contribution in [0.1, 0.15) is 13.8 Å². The van der Waals surface area contributed by atoms with Crippen LogP contribution in [-0.4, -0.2) is 15.1 Å². The summed E-state index contributed by atoms with van der Waals surface area (Å²) >= 11 is 0. The summed E-state index contributed by atoms with van der Waals surface area (Å²) in [7, 11) is -4.18. The van der Waals surface area contributed by atoms with Crippen LogP contribution in [0, 0.1) is 0 Å².